The zero-order valence-electron chi connectivity index (χ0n) is 25.0. The minimum atomic E-state index is 0.726. The summed E-state index contributed by atoms with van der Waals surface area (Å²) in [7, 11) is 0. The summed E-state index contributed by atoms with van der Waals surface area (Å²) >= 11 is 0. The zero-order chi connectivity index (χ0) is 30.6. The summed E-state index contributed by atoms with van der Waals surface area (Å²) in [6.07, 6.45) is 3.70. The third-order valence-corrected chi connectivity index (χ3v) is 9.69. The number of hydrogen-bond acceptors (Lipinski definition) is 3. The molecule has 47 heavy (non-hydrogen) atoms. The van der Waals surface area contributed by atoms with E-state index in [9.17, 15) is 0 Å². The molecule has 5 aromatic carbocycles. The van der Waals surface area contributed by atoms with E-state index in [2.05, 4.69) is 140 Å². The van der Waals surface area contributed by atoms with Crippen LogP contribution in [0.3, 0.4) is 0 Å². The molecule has 0 spiro atoms. The van der Waals surface area contributed by atoms with Crippen molar-refractivity contribution < 1.29 is 0 Å². The quantitative estimate of drug-likeness (QED) is 0.186. The average molecular weight is 601 g/mol. The van der Waals surface area contributed by atoms with Crippen LogP contribution in [0.25, 0.3) is 93.6 Å². The standard InChI is InChI=1S/C41H24N6/c1-3-11-25(12-4-1)45-30-16-8-7-15-27(30)35-31(45)21-22-32-36(35)28-19-20-29-37(39(28)46(32)26-13-5-2-6-14-26)38-33(17-9-23-42-38)47-34-18-10-24-43-40(34)44-41(29)47/h1-24H. The number of pyridine rings is 3. The monoisotopic (exact) mass is 600 g/mol. The Hall–Kier alpha value is -6.53. The molecule has 218 valence electrons. The maximum Gasteiger partial charge on any atom is 0.178 e. The summed E-state index contributed by atoms with van der Waals surface area (Å²) in [5.41, 5.74) is 11.4. The number of imidazole rings is 1. The highest BCUT2D eigenvalue weighted by atomic mass is 15.1. The summed E-state index contributed by atoms with van der Waals surface area (Å²) in [5, 5.41) is 7.02. The third kappa shape index (κ3) is 3.16. The Kier molecular flexibility index (Phi) is 4.75. The fraction of sp³-hybridized carbons (Fsp3) is 0. The van der Waals surface area contributed by atoms with Gasteiger partial charge >= 0.3 is 0 Å². The first kappa shape index (κ1) is 24.8. The molecule has 0 fully saturated rings. The topological polar surface area (TPSA) is 52.9 Å². The Morgan fingerprint density at radius 1 is 0.404 bits per heavy atom. The number of nitrogens with zero attached hydrogens (tertiary/aromatic N) is 6. The molecule has 0 aliphatic carbocycles. The molecule has 0 saturated carbocycles. The second-order valence-corrected chi connectivity index (χ2v) is 12.1. The van der Waals surface area contributed by atoms with Gasteiger partial charge in [0.2, 0.25) is 0 Å². The van der Waals surface area contributed by atoms with Gasteiger partial charge in [0.25, 0.3) is 0 Å². The van der Waals surface area contributed by atoms with E-state index in [0.717, 1.165) is 61.0 Å². The van der Waals surface area contributed by atoms with Gasteiger partial charge in [0, 0.05) is 56.1 Å². The summed E-state index contributed by atoms with van der Waals surface area (Å²) in [4.78, 5) is 14.8. The van der Waals surface area contributed by atoms with Gasteiger partial charge in [-0.25, -0.2) is 9.97 Å². The summed E-state index contributed by atoms with van der Waals surface area (Å²) < 4.78 is 7.02. The lowest BCUT2D eigenvalue weighted by molar-refractivity contribution is 1.17. The zero-order valence-corrected chi connectivity index (χ0v) is 25.0. The van der Waals surface area contributed by atoms with Crippen LogP contribution in [-0.2, 0) is 0 Å². The molecule has 6 nitrogen and oxygen atoms in total. The van der Waals surface area contributed by atoms with E-state index in [-0.39, 0.29) is 0 Å². The van der Waals surface area contributed by atoms with Gasteiger partial charge in [-0.05, 0) is 72.8 Å². The lowest BCUT2D eigenvalue weighted by Gasteiger charge is -2.13. The molecule has 0 saturated heterocycles. The van der Waals surface area contributed by atoms with E-state index in [1.807, 2.05) is 18.3 Å². The third-order valence-electron chi connectivity index (χ3n) is 9.69. The normalized spacial score (nSPS) is 12.3. The van der Waals surface area contributed by atoms with Crippen LogP contribution < -0.4 is 0 Å². The smallest absolute Gasteiger partial charge is 0.178 e. The van der Waals surface area contributed by atoms with Crippen LogP contribution in [0.5, 0.6) is 0 Å². The number of hydrogen-bond donors (Lipinski definition) is 0. The van der Waals surface area contributed by atoms with Crippen molar-refractivity contribution in [3.05, 3.63) is 146 Å². The lowest BCUT2D eigenvalue weighted by Crippen LogP contribution is -1.97. The number of benzene rings is 5. The van der Waals surface area contributed by atoms with E-state index in [1.165, 1.54) is 32.6 Å². The first-order valence-corrected chi connectivity index (χ1v) is 15.8. The van der Waals surface area contributed by atoms with Crippen LogP contribution in [0.4, 0.5) is 0 Å². The predicted octanol–water partition coefficient (Wildman–Crippen LogP) is 9.78. The van der Waals surface area contributed by atoms with Crippen LogP contribution in [0.15, 0.2) is 146 Å². The number of para-hydroxylation sites is 3. The maximum absolute atomic E-state index is 5.10. The van der Waals surface area contributed by atoms with Gasteiger partial charge in [0.1, 0.15) is 5.65 Å². The van der Waals surface area contributed by atoms with Crippen molar-refractivity contribution in [3.8, 4) is 11.4 Å². The van der Waals surface area contributed by atoms with Crippen molar-refractivity contribution in [2.45, 2.75) is 0 Å². The number of fused-ring (bicyclic) bond motifs is 16. The van der Waals surface area contributed by atoms with Crippen molar-refractivity contribution in [1.82, 2.24) is 28.5 Å². The van der Waals surface area contributed by atoms with E-state index < -0.39 is 0 Å². The number of rotatable bonds is 2. The second kappa shape index (κ2) is 9.02. The Balaban J connectivity index is 1.43. The van der Waals surface area contributed by atoms with Crippen LogP contribution in [0.2, 0.25) is 0 Å². The maximum atomic E-state index is 5.10. The van der Waals surface area contributed by atoms with E-state index in [4.69, 9.17) is 9.97 Å². The molecular formula is C41H24N6. The van der Waals surface area contributed by atoms with Crippen molar-refractivity contribution in [2.24, 2.45) is 0 Å². The Bertz CT molecular complexity index is 3060. The summed E-state index contributed by atoms with van der Waals surface area (Å²) in [6.45, 7) is 0. The van der Waals surface area contributed by atoms with Gasteiger partial charge in [0.05, 0.1) is 38.6 Å². The van der Waals surface area contributed by atoms with Gasteiger partial charge in [-0.2, -0.15) is 0 Å². The Labute approximate surface area is 267 Å². The molecule has 6 heteroatoms. The molecule has 0 amide bonds. The van der Waals surface area contributed by atoms with Crippen LogP contribution in [0, 0.1) is 0 Å². The van der Waals surface area contributed by atoms with Crippen molar-refractivity contribution in [3.63, 3.8) is 0 Å². The minimum Gasteiger partial charge on any atom is -0.309 e. The highest BCUT2D eigenvalue weighted by molar-refractivity contribution is 6.34. The van der Waals surface area contributed by atoms with Gasteiger partial charge in [-0.1, -0.05) is 60.7 Å². The molecular weight excluding hydrogens is 576 g/mol. The first-order valence-electron chi connectivity index (χ1n) is 15.8. The Morgan fingerprint density at radius 3 is 1.83 bits per heavy atom. The second-order valence-electron chi connectivity index (χ2n) is 12.1. The Morgan fingerprint density at radius 2 is 1.02 bits per heavy atom. The minimum absolute atomic E-state index is 0.726. The predicted molar refractivity (Wildman–Crippen MR) is 192 cm³/mol. The summed E-state index contributed by atoms with van der Waals surface area (Å²) in [6, 6.07) is 47.4. The molecule has 0 radical (unpaired) electrons. The van der Waals surface area contributed by atoms with E-state index >= 15 is 0 Å². The fourth-order valence-corrected chi connectivity index (χ4v) is 7.89. The van der Waals surface area contributed by atoms with Crippen molar-refractivity contribution >= 4 is 82.2 Å². The van der Waals surface area contributed by atoms with E-state index in [0.29, 0.717) is 0 Å². The molecule has 0 bridgehead atoms. The van der Waals surface area contributed by atoms with E-state index in [1.54, 1.807) is 6.20 Å². The number of aromatic nitrogens is 6. The SMILES string of the molecule is c1ccc(-n2c3ccccc3c3c4c5ccc6c(c7ncccc7n7c8cccnc8nc67)c5n(-c5ccccc5)c4ccc32)cc1. The summed E-state index contributed by atoms with van der Waals surface area (Å²) in [5.74, 6) is 0. The largest absolute Gasteiger partial charge is 0.309 e. The van der Waals surface area contributed by atoms with Crippen LogP contribution in [0.1, 0.15) is 0 Å². The molecule has 0 aliphatic heterocycles. The molecule has 6 heterocycles. The highest BCUT2D eigenvalue weighted by Gasteiger charge is 2.24. The molecule has 0 N–H and O–H groups in total. The van der Waals surface area contributed by atoms with Gasteiger partial charge in [0.15, 0.2) is 5.65 Å². The fourth-order valence-electron chi connectivity index (χ4n) is 7.89. The molecule has 11 aromatic rings. The van der Waals surface area contributed by atoms with Gasteiger partial charge in [-0.15, -0.1) is 0 Å². The van der Waals surface area contributed by atoms with Crippen molar-refractivity contribution in [2.75, 3.05) is 0 Å². The first-order chi connectivity index (χ1) is 23.4. The average Bonchev–Trinajstić information content (AvgIpc) is 3.80. The molecule has 0 atom stereocenters. The van der Waals surface area contributed by atoms with Gasteiger partial charge < -0.3 is 9.13 Å². The van der Waals surface area contributed by atoms with Crippen LogP contribution >= 0.6 is 0 Å². The van der Waals surface area contributed by atoms with Gasteiger partial charge in [-0.3, -0.25) is 9.38 Å². The lowest BCUT2D eigenvalue weighted by atomic mass is 10.0. The van der Waals surface area contributed by atoms with Crippen molar-refractivity contribution in [1.29, 1.82) is 0 Å². The van der Waals surface area contributed by atoms with Crippen LogP contribution in [-0.4, -0.2) is 28.5 Å². The molecule has 0 unspecified atom stereocenters. The molecule has 0 aliphatic rings. The molecule has 11 rings (SSSR count). The molecule has 6 aromatic heterocycles. The highest BCUT2D eigenvalue weighted by Crippen LogP contribution is 2.45.